The zero-order chi connectivity index (χ0) is 19.7. The summed E-state index contributed by atoms with van der Waals surface area (Å²) < 4.78 is 2.03. The number of benzene rings is 2. The van der Waals surface area contributed by atoms with E-state index in [4.69, 9.17) is 0 Å². The van der Waals surface area contributed by atoms with Crippen molar-refractivity contribution < 1.29 is 4.79 Å². The lowest BCUT2D eigenvalue weighted by Gasteiger charge is -2.17. The summed E-state index contributed by atoms with van der Waals surface area (Å²) in [6, 6.07) is 18.5. The second kappa shape index (κ2) is 7.64. The highest BCUT2D eigenvalue weighted by Crippen LogP contribution is 2.25. The van der Waals surface area contributed by atoms with Crippen LogP contribution in [-0.2, 0) is 11.3 Å². The topological polar surface area (TPSA) is 50.5 Å². The maximum Gasteiger partial charge on any atom is 0.233 e. The summed E-state index contributed by atoms with van der Waals surface area (Å²) in [5, 5.41) is 10.5. The molecule has 0 unspecified atom stereocenters. The first-order chi connectivity index (χ1) is 13.5. The van der Waals surface area contributed by atoms with Gasteiger partial charge in [-0.25, -0.2) is 0 Å². The molecule has 0 saturated heterocycles. The number of hydrogen-bond acceptors (Lipinski definition) is 4. The second-order valence-electron chi connectivity index (χ2n) is 7.04. The Hall–Kier alpha value is -2.86. The first kappa shape index (κ1) is 18.5. The van der Waals surface area contributed by atoms with E-state index in [0.717, 1.165) is 21.9 Å². The van der Waals surface area contributed by atoms with Crippen LogP contribution >= 0.6 is 11.8 Å². The first-order valence-electron chi connectivity index (χ1n) is 9.19. The van der Waals surface area contributed by atoms with Gasteiger partial charge in [-0.3, -0.25) is 9.20 Å². The summed E-state index contributed by atoms with van der Waals surface area (Å²) in [5.41, 5.74) is 5.38. The van der Waals surface area contributed by atoms with Crippen molar-refractivity contribution in [1.82, 2.24) is 19.5 Å². The molecule has 142 valence electrons. The van der Waals surface area contributed by atoms with Crippen molar-refractivity contribution in [3.05, 3.63) is 71.3 Å². The van der Waals surface area contributed by atoms with Crippen LogP contribution in [-0.4, -0.2) is 38.2 Å². The molecular weight excluding hydrogens is 368 g/mol. The number of amides is 1. The van der Waals surface area contributed by atoms with E-state index in [-0.39, 0.29) is 5.91 Å². The number of pyridine rings is 1. The van der Waals surface area contributed by atoms with E-state index in [1.54, 1.807) is 4.90 Å². The molecule has 0 aliphatic rings. The van der Waals surface area contributed by atoms with Crippen LogP contribution in [0.15, 0.2) is 59.8 Å². The van der Waals surface area contributed by atoms with Gasteiger partial charge in [0.05, 0.1) is 11.3 Å². The number of para-hydroxylation sites is 1. The molecular formula is C22H22N4OS. The molecule has 0 N–H and O–H groups in total. The summed E-state index contributed by atoms with van der Waals surface area (Å²) >= 11 is 1.42. The van der Waals surface area contributed by atoms with E-state index >= 15 is 0 Å². The fraction of sp³-hybridized carbons (Fsp3) is 0.227. The Balaban J connectivity index is 1.51. The molecule has 2 heterocycles. The van der Waals surface area contributed by atoms with Gasteiger partial charge in [0.25, 0.3) is 0 Å². The van der Waals surface area contributed by atoms with Gasteiger partial charge in [-0.2, -0.15) is 0 Å². The van der Waals surface area contributed by atoms with Crippen molar-refractivity contribution in [3.63, 3.8) is 0 Å². The van der Waals surface area contributed by atoms with Crippen molar-refractivity contribution in [1.29, 1.82) is 0 Å². The number of rotatable bonds is 5. The van der Waals surface area contributed by atoms with E-state index in [2.05, 4.69) is 60.4 Å². The molecule has 5 nitrogen and oxygen atoms in total. The Labute approximate surface area is 168 Å². The number of carbonyl (C=O) groups is 1. The van der Waals surface area contributed by atoms with Gasteiger partial charge >= 0.3 is 0 Å². The van der Waals surface area contributed by atoms with E-state index in [9.17, 15) is 4.79 Å². The average Bonchev–Trinajstić information content (AvgIpc) is 3.11. The molecule has 2 aromatic heterocycles. The Morgan fingerprint density at radius 1 is 1.07 bits per heavy atom. The maximum absolute atomic E-state index is 12.6. The van der Waals surface area contributed by atoms with Gasteiger partial charge in [0.1, 0.15) is 0 Å². The lowest BCUT2D eigenvalue weighted by molar-refractivity contribution is -0.127. The molecule has 0 atom stereocenters. The SMILES string of the molecule is Cc1ccc(CN(C)C(=O)CSc2nnc3cc(C)c4ccccc4n23)cc1. The number of nitrogens with zero attached hydrogens (tertiary/aromatic N) is 4. The van der Waals surface area contributed by atoms with Gasteiger partial charge in [-0.1, -0.05) is 59.8 Å². The fourth-order valence-electron chi connectivity index (χ4n) is 3.26. The monoisotopic (exact) mass is 390 g/mol. The van der Waals surface area contributed by atoms with Crippen LogP contribution in [0.4, 0.5) is 0 Å². The van der Waals surface area contributed by atoms with Crippen LogP contribution in [0, 0.1) is 13.8 Å². The lowest BCUT2D eigenvalue weighted by Crippen LogP contribution is -2.27. The number of thioether (sulfide) groups is 1. The Morgan fingerprint density at radius 2 is 1.82 bits per heavy atom. The van der Waals surface area contributed by atoms with Crippen LogP contribution in [0.3, 0.4) is 0 Å². The summed E-state index contributed by atoms with van der Waals surface area (Å²) in [4.78, 5) is 14.4. The molecule has 0 aliphatic heterocycles. The lowest BCUT2D eigenvalue weighted by atomic mass is 10.1. The summed E-state index contributed by atoms with van der Waals surface area (Å²) in [6.07, 6.45) is 0. The second-order valence-corrected chi connectivity index (χ2v) is 7.99. The Morgan fingerprint density at radius 3 is 2.61 bits per heavy atom. The highest BCUT2D eigenvalue weighted by Gasteiger charge is 2.15. The van der Waals surface area contributed by atoms with Crippen molar-refractivity contribution in [2.24, 2.45) is 0 Å². The standard InChI is InChI=1S/C22H22N4OS/c1-15-8-10-17(11-9-15)13-25(3)21(27)14-28-22-24-23-20-12-16(2)18-6-4-5-7-19(18)26(20)22/h4-12H,13-14H2,1-3H3. The molecule has 4 aromatic rings. The minimum absolute atomic E-state index is 0.0683. The van der Waals surface area contributed by atoms with Gasteiger partial charge in [0.2, 0.25) is 5.91 Å². The van der Waals surface area contributed by atoms with Gasteiger partial charge in [-0.15, -0.1) is 10.2 Å². The Bertz CT molecular complexity index is 1150. The molecule has 0 spiro atoms. The molecule has 0 aliphatic carbocycles. The van der Waals surface area contributed by atoms with Crippen molar-refractivity contribution in [2.75, 3.05) is 12.8 Å². The van der Waals surface area contributed by atoms with Gasteiger partial charge in [-0.05, 0) is 37.1 Å². The van der Waals surface area contributed by atoms with Gasteiger partial charge < -0.3 is 4.90 Å². The molecule has 1 amide bonds. The zero-order valence-electron chi connectivity index (χ0n) is 16.2. The third-order valence-electron chi connectivity index (χ3n) is 4.86. The predicted molar refractivity (Wildman–Crippen MR) is 114 cm³/mol. The molecule has 28 heavy (non-hydrogen) atoms. The minimum Gasteiger partial charge on any atom is -0.341 e. The minimum atomic E-state index is 0.0683. The zero-order valence-corrected chi connectivity index (χ0v) is 17.0. The largest absolute Gasteiger partial charge is 0.341 e. The first-order valence-corrected chi connectivity index (χ1v) is 10.2. The van der Waals surface area contributed by atoms with E-state index < -0.39 is 0 Å². The molecule has 0 radical (unpaired) electrons. The number of aryl methyl sites for hydroxylation is 2. The molecule has 0 fully saturated rings. The average molecular weight is 391 g/mol. The summed E-state index contributed by atoms with van der Waals surface area (Å²) in [7, 11) is 1.84. The van der Waals surface area contributed by atoms with E-state index in [1.165, 1.54) is 28.3 Å². The number of hydrogen-bond donors (Lipinski definition) is 0. The van der Waals surface area contributed by atoms with E-state index in [0.29, 0.717) is 12.3 Å². The van der Waals surface area contributed by atoms with Crippen LogP contribution in [0.5, 0.6) is 0 Å². The van der Waals surface area contributed by atoms with Gasteiger partial charge in [0.15, 0.2) is 10.8 Å². The molecule has 0 saturated carbocycles. The van der Waals surface area contributed by atoms with Crippen molar-refractivity contribution in [2.45, 2.75) is 25.5 Å². The van der Waals surface area contributed by atoms with Crippen LogP contribution < -0.4 is 0 Å². The van der Waals surface area contributed by atoms with Crippen molar-refractivity contribution >= 4 is 34.2 Å². The smallest absolute Gasteiger partial charge is 0.233 e. The Kier molecular flexibility index (Phi) is 5.05. The molecule has 2 aromatic carbocycles. The summed E-state index contributed by atoms with van der Waals surface area (Å²) in [5.74, 6) is 0.393. The normalized spacial score (nSPS) is 11.2. The highest BCUT2D eigenvalue weighted by molar-refractivity contribution is 7.99. The van der Waals surface area contributed by atoms with Crippen LogP contribution in [0.2, 0.25) is 0 Å². The number of fused-ring (bicyclic) bond motifs is 3. The molecule has 0 bridgehead atoms. The van der Waals surface area contributed by atoms with Crippen LogP contribution in [0.1, 0.15) is 16.7 Å². The van der Waals surface area contributed by atoms with Crippen LogP contribution in [0.25, 0.3) is 16.6 Å². The van der Waals surface area contributed by atoms with Gasteiger partial charge in [0, 0.05) is 19.0 Å². The number of aromatic nitrogens is 3. The number of carbonyl (C=O) groups excluding carboxylic acids is 1. The molecule has 4 rings (SSSR count). The molecule has 6 heteroatoms. The third kappa shape index (κ3) is 3.60. The highest BCUT2D eigenvalue weighted by atomic mass is 32.2. The quantitative estimate of drug-likeness (QED) is 0.478. The van der Waals surface area contributed by atoms with E-state index in [1.807, 2.05) is 29.6 Å². The maximum atomic E-state index is 12.6. The summed E-state index contributed by atoms with van der Waals surface area (Å²) in [6.45, 7) is 4.74. The fourth-order valence-corrected chi connectivity index (χ4v) is 4.15. The van der Waals surface area contributed by atoms with Crippen molar-refractivity contribution in [3.8, 4) is 0 Å². The predicted octanol–water partition coefficient (Wildman–Crippen LogP) is 4.25. The third-order valence-corrected chi connectivity index (χ3v) is 5.78.